The molecule has 1 rings (SSSR count). The van der Waals surface area contributed by atoms with Gasteiger partial charge in [-0.1, -0.05) is 18.2 Å². The van der Waals surface area contributed by atoms with Crippen LogP contribution in [0.25, 0.3) is 0 Å². The molecule has 0 atom stereocenters. The molecule has 0 saturated heterocycles. The van der Waals surface area contributed by atoms with Gasteiger partial charge in [0.1, 0.15) is 0 Å². The molecule has 0 amide bonds. The second-order valence-corrected chi connectivity index (χ2v) is 3.04. The lowest BCUT2D eigenvalue weighted by Gasteiger charge is -1.95. The van der Waals surface area contributed by atoms with Gasteiger partial charge in [0.05, 0.1) is 5.75 Å². The Morgan fingerprint density at radius 1 is 1.36 bits per heavy atom. The molecule has 0 aliphatic rings. The van der Waals surface area contributed by atoms with Gasteiger partial charge in [0.15, 0.2) is 0 Å². The van der Waals surface area contributed by atoms with Crippen molar-refractivity contribution in [3.63, 3.8) is 0 Å². The van der Waals surface area contributed by atoms with Crippen molar-refractivity contribution in [3.05, 3.63) is 30.3 Å². The van der Waals surface area contributed by atoms with Crippen molar-refractivity contribution in [2.75, 3.05) is 5.75 Å². The third-order valence-electron chi connectivity index (χ3n) is 1.11. The third kappa shape index (κ3) is 3.09. The van der Waals surface area contributed by atoms with Gasteiger partial charge in [-0.3, -0.25) is 4.79 Å². The highest BCUT2D eigenvalue weighted by atomic mass is 32.2. The molecule has 2 nitrogen and oxygen atoms in total. The predicted octanol–water partition coefficient (Wildman–Crippen LogP) is 1.86. The Morgan fingerprint density at radius 3 is 2.55 bits per heavy atom. The van der Waals surface area contributed by atoms with E-state index in [1.165, 1.54) is 11.8 Å². The summed E-state index contributed by atoms with van der Waals surface area (Å²) in [5.41, 5.74) is 0. The number of carboxylic acids is 1. The van der Waals surface area contributed by atoms with Crippen LogP contribution in [0.15, 0.2) is 35.2 Å². The minimum absolute atomic E-state index is 0.129. The molecule has 0 unspecified atom stereocenters. The van der Waals surface area contributed by atoms with Crippen molar-refractivity contribution < 1.29 is 9.90 Å². The molecule has 0 aromatic heterocycles. The van der Waals surface area contributed by atoms with Crippen LogP contribution < -0.4 is 0 Å². The molecule has 0 aliphatic carbocycles. The molecule has 0 fully saturated rings. The van der Waals surface area contributed by atoms with E-state index in [1.54, 1.807) is 0 Å². The lowest BCUT2D eigenvalue weighted by atomic mass is 10.6. The van der Waals surface area contributed by atoms with Crippen LogP contribution in [0.2, 0.25) is 0 Å². The van der Waals surface area contributed by atoms with E-state index in [1.807, 2.05) is 30.3 Å². The summed E-state index contributed by atoms with van der Waals surface area (Å²) in [6.07, 6.45) is 0. The number of hydrogen-bond donors (Lipinski definition) is 1. The fourth-order valence-electron chi connectivity index (χ4n) is 0.662. The van der Waals surface area contributed by atoms with Crippen molar-refractivity contribution in [1.82, 2.24) is 0 Å². The summed E-state index contributed by atoms with van der Waals surface area (Å²) < 4.78 is 0. The molecule has 11 heavy (non-hydrogen) atoms. The minimum atomic E-state index is -0.779. The topological polar surface area (TPSA) is 37.3 Å². The maximum Gasteiger partial charge on any atom is 0.313 e. The molecule has 58 valence electrons. The molecule has 0 aliphatic heterocycles. The van der Waals surface area contributed by atoms with Crippen LogP contribution in [0, 0.1) is 0 Å². The molecular weight excluding hydrogens is 162 g/mol. The summed E-state index contributed by atoms with van der Waals surface area (Å²) in [4.78, 5) is 11.1. The summed E-state index contributed by atoms with van der Waals surface area (Å²) in [6, 6.07) is 9.49. The average molecular weight is 170 g/mol. The monoisotopic (exact) mass is 170 g/mol. The smallest absolute Gasteiger partial charge is 0.313 e. The quantitative estimate of drug-likeness (QED) is 0.703. The Kier molecular flexibility index (Phi) is 2.98. The van der Waals surface area contributed by atoms with Crippen molar-refractivity contribution in [3.8, 4) is 0 Å². The molecule has 1 aromatic rings. The first-order valence-corrected chi connectivity index (χ1v) is 4.17. The normalized spacial score (nSPS) is 9.45. The zero-order valence-corrected chi connectivity index (χ0v) is 6.67. The van der Waals surface area contributed by atoms with Crippen LogP contribution in [0.1, 0.15) is 0 Å². The number of carbonyl (C=O) groups is 1. The number of rotatable bonds is 3. The number of hydrogen-bond acceptors (Lipinski definition) is 2. The van der Waals surface area contributed by atoms with E-state index in [0.29, 0.717) is 0 Å². The van der Waals surface area contributed by atoms with E-state index >= 15 is 0 Å². The fourth-order valence-corrected chi connectivity index (χ4v) is 1.30. The minimum Gasteiger partial charge on any atom is -0.481 e. The number of benzene rings is 1. The first kappa shape index (κ1) is 8.14. The van der Waals surface area contributed by atoms with Gasteiger partial charge in [-0.2, -0.15) is 0 Å². The predicted molar refractivity (Wildman–Crippen MR) is 44.8 cm³/mol. The van der Waals surface area contributed by atoms with Crippen LogP contribution in [-0.4, -0.2) is 16.8 Å². The first-order valence-electron chi connectivity index (χ1n) is 3.18. The highest BCUT2D eigenvalue weighted by Crippen LogP contribution is 2.15. The highest BCUT2D eigenvalue weighted by molar-refractivity contribution is 8.00. The third-order valence-corrected chi connectivity index (χ3v) is 2.10. The van der Waals surface area contributed by atoms with E-state index in [-0.39, 0.29) is 5.75 Å². The Labute approximate surface area is 69.2 Å². The van der Waals surface area contributed by atoms with Crippen LogP contribution in [0.5, 0.6) is 0 Å². The zero-order chi connectivity index (χ0) is 8.10. The Morgan fingerprint density at radius 2 is 2.00 bits per heavy atom. The van der Waals surface area contributed by atoms with Gasteiger partial charge in [0.2, 0.25) is 0 Å². The largest absolute Gasteiger partial charge is 0.481 e. The zero-order valence-electron chi connectivity index (χ0n) is 5.86. The van der Waals surface area contributed by atoms with Crippen molar-refractivity contribution in [1.29, 1.82) is 0 Å². The summed E-state index contributed by atoms with van der Waals surface area (Å²) in [6.45, 7) is 0. The Hall–Kier alpha value is -0.960. The maximum absolute atomic E-state index is 10.2. The number of aliphatic carboxylic acids is 1. The second kappa shape index (κ2) is 4.03. The summed E-state index contributed by atoms with van der Waals surface area (Å²) in [7, 11) is 0. The van der Waals surface area contributed by atoms with Gasteiger partial charge in [0, 0.05) is 4.90 Å². The van der Waals surface area contributed by atoms with Gasteiger partial charge in [-0.05, 0) is 12.1 Å². The Bertz CT molecular complexity index is 233. The van der Waals surface area contributed by atoms with Crippen molar-refractivity contribution in [2.45, 2.75) is 4.90 Å². The molecule has 3 heteroatoms. The summed E-state index contributed by atoms with van der Waals surface area (Å²) >= 11 is 1.33. The maximum atomic E-state index is 10.2. The van der Waals surface area contributed by atoms with Gasteiger partial charge >= 0.3 is 5.97 Å². The van der Waals surface area contributed by atoms with Crippen molar-refractivity contribution in [2.24, 2.45) is 0 Å². The molecule has 0 spiro atoms. The molecule has 0 heterocycles. The SMILES string of the molecule is O=C(O)CS[13c]1cccc[13cH]1. The average Bonchev–Trinajstić information content (AvgIpc) is 2.03. The van der Waals surface area contributed by atoms with Crippen molar-refractivity contribution >= 4 is 17.7 Å². The fraction of sp³-hybridized carbons (Fsp3) is 0.125. The number of thioether (sulfide) groups is 1. The van der Waals surface area contributed by atoms with Gasteiger partial charge in [-0.25, -0.2) is 0 Å². The highest BCUT2D eigenvalue weighted by Gasteiger charge is 1.97. The van der Waals surface area contributed by atoms with Gasteiger partial charge < -0.3 is 5.11 Å². The van der Waals surface area contributed by atoms with E-state index in [0.717, 1.165) is 4.90 Å². The van der Waals surface area contributed by atoms with E-state index in [9.17, 15) is 4.79 Å². The first-order chi connectivity index (χ1) is 5.29. The summed E-state index contributed by atoms with van der Waals surface area (Å²) in [5.74, 6) is -0.650. The lowest BCUT2D eigenvalue weighted by Crippen LogP contribution is -1.96. The molecular formula is C8H8O2S. The standard InChI is InChI=1S/C8H8O2S/c9-8(10)6-11-7-4-2-1-3-5-7/h1-5H,6H2,(H,9,10)/i4+1,7+1. The molecule has 0 radical (unpaired) electrons. The van der Waals surface area contributed by atoms with E-state index in [2.05, 4.69) is 0 Å². The van der Waals surface area contributed by atoms with Crippen LogP contribution >= 0.6 is 11.8 Å². The lowest BCUT2D eigenvalue weighted by molar-refractivity contribution is -0.133. The van der Waals surface area contributed by atoms with Gasteiger partial charge in [0.25, 0.3) is 0 Å². The number of carboxylic acid groups (broad SMARTS) is 1. The molecule has 1 aromatic carbocycles. The van der Waals surface area contributed by atoms with Crippen LogP contribution in [-0.2, 0) is 4.79 Å². The molecule has 0 bridgehead atoms. The molecule has 1 N–H and O–H groups in total. The van der Waals surface area contributed by atoms with Gasteiger partial charge in [-0.15, -0.1) is 11.8 Å². The van der Waals surface area contributed by atoms with Crippen LogP contribution in [0.3, 0.4) is 0 Å². The Balaban J connectivity index is 2.45. The second-order valence-electron chi connectivity index (χ2n) is 2.00. The van der Waals surface area contributed by atoms with E-state index < -0.39 is 5.97 Å². The molecule has 0 saturated carbocycles. The summed E-state index contributed by atoms with van der Waals surface area (Å²) in [5, 5.41) is 8.35. The van der Waals surface area contributed by atoms with Crippen LogP contribution in [0.4, 0.5) is 0 Å². The van der Waals surface area contributed by atoms with E-state index in [4.69, 9.17) is 5.11 Å².